The number of hydrazone groups is 1. The van der Waals surface area contributed by atoms with Gasteiger partial charge in [-0.05, 0) is 30.7 Å². The van der Waals surface area contributed by atoms with Crippen LogP contribution in [0.5, 0.6) is 0 Å². The lowest BCUT2D eigenvalue weighted by atomic mass is 10.1. The fourth-order valence-corrected chi connectivity index (χ4v) is 4.49. The number of nitro benzene ring substituents is 1. The number of non-ortho nitro benzene ring substituents is 1. The van der Waals surface area contributed by atoms with Crippen molar-refractivity contribution in [2.24, 2.45) is 5.10 Å². The van der Waals surface area contributed by atoms with Crippen LogP contribution in [0.1, 0.15) is 33.3 Å². The number of nitrogens with zero attached hydrogens (tertiary/aromatic N) is 3. The van der Waals surface area contributed by atoms with Gasteiger partial charge in [0.1, 0.15) is 4.90 Å². The molecule has 2 N–H and O–H groups in total. The zero-order valence-corrected chi connectivity index (χ0v) is 18.6. The maximum Gasteiger partial charge on any atom is 0.270 e. The molecule has 0 saturated carbocycles. The minimum absolute atomic E-state index is 0.120. The van der Waals surface area contributed by atoms with Crippen LogP contribution in [0.2, 0.25) is 0 Å². The maximum absolute atomic E-state index is 13.0. The normalized spacial score (nSPS) is 12.0. The molecule has 166 valence electrons. The van der Waals surface area contributed by atoms with Crippen LogP contribution in [-0.4, -0.2) is 42.4 Å². The van der Waals surface area contributed by atoms with Crippen molar-refractivity contribution < 1.29 is 18.1 Å². The number of anilines is 2. The largest absolute Gasteiger partial charge is 0.326 e. The standard InChI is InChI=1S/C20H25N5O5S/c1-5-24(6-2)31(29,30)20-13-18(25(27)28)10-11-19(20)23-22-14(3)16-8-7-9-17(12-16)21-15(4)26/h7-13,23H,5-6H2,1-4H3,(H,21,26). The molecule has 0 bridgehead atoms. The van der Waals surface area contributed by atoms with Gasteiger partial charge in [-0.1, -0.05) is 26.0 Å². The van der Waals surface area contributed by atoms with Crippen molar-refractivity contribution in [2.75, 3.05) is 23.8 Å². The molecule has 0 fully saturated rings. The smallest absolute Gasteiger partial charge is 0.270 e. The van der Waals surface area contributed by atoms with Crippen molar-refractivity contribution in [3.8, 4) is 0 Å². The van der Waals surface area contributed by atoms with Crippen LogP contribution in [-0.2, 0) is 14.8 Å². The van der Waals surface area contributed by atoms with E-state index in [0.717, 1.165) is 6.07 Å². The van der Waals surface area contributed by atoms with Gasteiger partial charge in [0.05, 0.1) is 16.3 Å². The fourth-order valence-electron chi connectivity index (χ4n) is 2.87. The Labute approximate surface area is 181 Å². The first-order valence-corrected chi connectivity index (χ1v) is 11.0. The summed E-state index contributed by atoms with van der Waals surface area (Å²) in [5.41, 5.74) is 4.33. The molecule has 10 nitrogen and oxygen atoms in total. The van der Waals surface area contributed by atoms with E-state index in [1.54, 1.807) is 45.0 Å². The fraction of sp³-hybridized carbons (Fsp3) is 0.300. The Bertz CT molecular complexity index is 1110. The van der Waals surface area contributed by atoms with Crippen LogP contribution in [0.25, 0.3) is 0 Å². The number of nitrogens with one attached hydrogen (secondary N) is 2. The average molecular weight is 448 g/mol. The lowest BCUT2D eigenvalue weighted by Crippen LogP contribution is -2.31. The molecule has 0 unspecified atom stereocenters. The van der Waals surface area contributed by atoms with Gasteiger partial charge in [-0.15, -0.1) is 0 Å². The molecular weight excluding hydrogens is 422 g/mol. The zero-order chi connectivity index (χ0) is 23.2. The molecule has 1 amide bonds. The molecule has 0 atom stereocenters. The maximum atomic E-state index is 13.0. The molecule has 0 spiro atoms. The van der Waals surface area contributed by atoms with Crippen LogP contribution in [0.3, 0.4) is 0 Å². The topological polar surface area (TPSA) is 134 Å². The number of sulfonamides is 1. The van der Waals surface area contributed by atoms with Gasteiger partial charge in [-0.3, -0.25) is 20.3 Å². The van der Waals surface area contributed by atoms with E-state index in [-0.39, 0.29) is 35.3 Å². The third-order valence-electron chi connectivity index (χ3n) is 4.44. The molecule has 0 saturated heterocycles. The summed E-state index contributed by atoms with van der Waals surface area (Å²) in [7, 11) is -3.97. The number of rotatable bonds is 9. The highest BCUT2D eigenvalue weighted by Crippen LogP contribution is 2.29. The summed E-state index contributed by atoms with van der Waals surface area (Å²) in [5, 5.41) is 18.1. The predicted molar refractivity (Wildman–Crippen MR) is 120 cm³/mol. The van der Waals surface area contributed by atoms with Crippen LogP contribution in [0, 0.1) is 10.1 Å². The minimum atomic E-state index is -3.97. The Balaban J connectivity index is 2.45. The highest BCUT2D eigenvalue weighted by atomic mass is 32.2. The van der Waals surface area contributed by atoms with E-state index in [2.05, 4.69) is 15.8 Å². The summed E-state index contributed by atoms with van der Waals surface area (Å²) in [6, 6.07) is 10.6. The van der Waals surface area contributed by atoms with Crippen molar-refractivity contribution in [2.45, 2.75) is 32.6 Å². The Kier molecular flexibility index (Phi) is 7.83. The van der Waals surface area contributed by atoms with Gasteiger partial charge in [-0.2, -0.15) is 9.41 Å². The molecule has 0 aliphatic rings. The van der Waals surface area contributed by atoms with Gasteiger partial charge in [0.15, 0.2) is 0 Å². The second-order valence-electron chi connectivity index (χ2n) is 6.60. The summed E-state index contributed by atoms with van der Waals surface area (Å²) in [6.45, 7) is 6.94. The van der Waals surface area contributed by atoms with Crippen molar-refractivity contribution in [3.63, 3.8) is 0 Å². The first-order valence-electron chi connectivity index (χ1n) is 9.57. The van der Waals surface area contributed by atoms with Crippen molar-refractivity contribution >= 4 is 38.7 Å². The molecule has 2 aromatic carbocycles. The number of carbonyl (C=O) groups excluding carboxylic acids is 1. The van der Waals surface area contributed by atoms with Gasteiger partial charge < -0.3 is 5.32 Å². The van der Waals surface area contributed by atoms with E-state index < -0.39 is 14.9 Å². The second kappa shape index (κ2) is 10.1. The summed E-state index contributed by atoms with van der Waals surface area (Å²) in [6.07, 6.45) is 0. The van der Waals surface area contributed by atoms with Crippen molar-refractivity contribution in [3.05, 3.63) is 58.1 Å². The van der Waals surface area contributed by atoms with Crippen molar-refractivity contribution in [1.82, 2.24) is 4.31 Å². The molecule has 2 aromatic rings. The zero-order valence-electron chi connectivity index (χ0n) is 17.7. The molecule has 0 aliphatic heterocycles. The Morgan fingerprint density at radius 1 is 1.13 bits per heavy atom. The summed E-state index contributed by atoms with van der Waals surface area (Å²) in [4.78, 5) is 21.6. The van der Waals surface area contributed by atoms with E-state index >= 15 is 0 Å². The van der Waals surface area contributed by atoms with Gasteiger partial charge >= 0.3 is 0 Å². The number of amides is 1. The van der Waals surface area contributed by atoms with Gasteiger partial charge in [0.2, 0.25) is 15.9 Å². The molecule has 0 aliphatic carbocycles. The van der Waals surface area contributed by atoms with Crippen LogP contribution in [0.4, 0.5) is 17.1 Å². The van der Waals surface area contributed by atoms with E-state index in [9.17, 15) is 23.3 Å². The number of hydrogen-bond acceptors (Lipinski definition) is 7. The number of nitro groups is 1. The Morgan fingerprint density at radius 3 is 2.39 bits per heavy atom. The summed E-state index contributed by atoms with van der Waals surface area (Å²) >= 11 is 0. The average Bonchev–Trinajstić information content (AvgIpc) is 2.72. The Hall–Kier alpha value is -3.31. The van der Waals surface area contributed by atoms with E-state index in [0.29, 0.717) is 17.0 Å². The number of hydrogen-bond donors (Lipinski definition) is 2. The molecule has 0 aromatic heterocycles. The quantitative estimate of drug-likeness (QED) is 0.344. The highest BCUT2D eigenvalue weighted by Gasteiger charge is 2.27. The molecular formula is C20H25N5O5S. The first kappa shape index (κ1) is 24.0. The van der Waals surface area contributed by atoms with Gasteiger partial charge in [0.25, 0.3) is 5.69 Å². The highest BCUT2D eigenvalue weighted by molar-refractivity contribution is 7.89. The van der Waals surface area contributed by atoms with E-state index in [4.69, 9.17) is 0 Å². The monoisotopic (exact) mass is 447 g/mol. The third kappa shape index (κ3) is 5.86. The SMILES string of the molecule is CCN(CC)S(=O)(=O)c1cc([N+](=O)[O-])ccc1NN=C(C)c1cccc(NC(C)=O)c1. The van der Waals surface area contributed by atoms with Crippen LogP contribution in [0.15, 0.2) is 52.5 Å². The second-order valence-corrected chi connectivity index (χ2v) is 8.50. The first-order chi connectivity index (χ1) is 14.6. The summed E-state index contributed by atoms with van der Waals surface area (Å²) < 4.78 is 27.3. The lowest BCUT2D eigenvalue weighted by Gasteiger charge is -2.20. The number of benzene rings is 2. The lowest BCUT2D eigenvalue weighted by molar-refractivity contribution is -0.385. The predicted octanol–water partition coefficient (Wildman–Crippen LogP) is 3.42. The Morgan fingerprint density at radius 2 is 1.81 bits per heavy atom. The van der Waals surface area contributed by atoms with Gasteiger partial charge in [-0.25, -0.2) is 8.42 Å². The summed E-state index contributed by atoms with van der Waals surface area (Å²) in [5.74, 6) is -0.206. The van der Waals surface area contributed by atoms with Crippen molar-refractivity contribution in [1.29, 1.82) is 0 Å². The molecule has 11 heteroatoms. The van der Waals surface area contributed by atoms with Crippen LogP contribution < -0.4 is 10.7 Å². The molecule has 2 rings (SSSR count). The minimum Gasteiger partial charge on any atom is -0.326 e. The molecule has 31 heavy (non-hydrogen) atoms. The molecule has 0 radical (unpaired) electrons. The van der Waals surface area contributed by atoms with Crippen LogP contribution >= 0.6 is 0 Å². The molecule has 0 heterocycles. The van der Waals surface area contributed by atoms with Gasteiger partial charge in [0, 0.05) is 37.8 Å². The van der Waals surface area contributed by atoms with E-state index in [1.165, 1.54) is 23.4 Å². The third-order valence-corrected chi connectivity index (χ3v) is 6.53. The number of carbonyl (C=O) groups is 1. The van der Waals surface area contributed by atoms with E-state index in [1.807, 2.05) is 0 Å².